The van der Waals surface area contributed by atoms with E-state index in [4.69, 9.17) is 10.6 Å². The van der Waals surface area contributed by atoms with Crippen molar-refractivity contribution in [2.24, 2.45) is 5.11 Å². The molecule has 17 heavy (non-hydrogen) atoms. The Balaban J connectivity index is 2.56. The first-order chi connectivity index (χ1) is 8.06. The Bertz CT molecular complexity index is 389. The number of aliphatic carboxylic acids is 1. The summed E-state index contributed by atoms with van der Waals surface area (Å²) in [6, 6.07) is 0. The maximum absolute atomic E-state index is 11.5. The van der Waals surface area contributed by atoms with Crippen LogP contribution in [0.25, 0.3) is 10.4 Å². The van der Waals surface area contributed by atoms with E-state index in [0.717, 1.165) is 4.90 Å². The van der Waals surface area contributed by atoms with Crippen molar-refractivity contribution in [3.05, 3.63) is 10.4 Å². The summed E-state index contributed by atoms with van der Waals surface area (Å²) in [7, 11) is 0. The topological polar surface area (TPSA) is 127 Å². The van der Waals surface area contributed by atoms with E-state index in [-0.39, 0.29) is 26.2 Å². The van der Waals surface area contributed by atoms with Crippen molar-refractivity contribution >= 4 is 17.8 Å². The number of piperazine rings is 1. The van der Waals surface area contributed by atoms with Gasteiger partial charge in [0.1, 0.15) is 6.54 Å². The average Bonchev–Trinajstić information content (AvgIpc) is 2.28. The largest absolute Gasteiger partial charge is 0.480 e. The van der Waals surface area contributed by atoms with Crippen LogP contribution in [0.2, 0.25) is 0 Å². The monoisotopic (exact) mass is 241 g/mol. The van der Waals surface area contributed by atoms with Gasteiger partial charge < -0.3 is 14.9 Å². The minimum absolute atomic E-state index is 0.0917. The number of nitrogens with zero attached hydrogens (tertiary/aromatic N) is 5. The molecule has 0 aromatic rings. The van der Waals surface area contributed by atoms with E-state index in [0.29, 0.717) is 0 Å². The molecule has 0 bridgehead atoms. The smallest absolute Gasteiger partial charge is 0.323 e. The first-order valence-corrected chi connectivity index (χ1v) is 4.87. The number of carbonyl (C=O) groups excluding carboxylic acids is 2. The van der Waals surface area contributed by atoms with Gasteiger partial charge in [0.15, 0.2) is 0 Å². The van der Waals surface area contributed by atoms with Crippen molar-refractivity contribution < 1.29 is 19.5 Å². The molecule has 1 N–H and O–H groups in total. The van der Waals surface area contributed by atoms with Crippen LogP contribution in [-0.2, 0) is 14.4 Å². The van der Waals surface area contributed by atoms with E-state index in [2.05, 4.69) is 10.0 Å². The van der Waals surface area contributed by atoms with E-state index >= 15 is 0 Å². The molecule has 92 valence electrons. The van der Waals surface area contributed by atoms with E-state index in [1.807, 2.05) is 0 Å². The molecule has 0 saturated carbocycles. The standard InChI is InChI=1S/C8H11N5O4/c9-11-10-1-2-12-3-4-13(5-6(14)15)8(17)7(12)16/h1-5H2,(H,14,15). The second-order valence-corrected chi connectivity index (χ2v) is 3.37. The number of hydrogen-bond donors (Lipinski definition) is 1. The Kier molecular flexibility index (Phi) is 4.29. The second kappa shape index (κ2) is 5.71. The van der Waals surface area contributed by atoms with Crippen LogP contribution in [-0.4, -0.2) is 65.4 Å². The third-order valence-corrected chi connectivity index (χ3v) is 2.26. The SMILES string of the molecule is [N-]=[N+]=NCCN1CCN(CC(=O)O)C(=O)C1=O. The molecule has 1 heterocycles. The van der Waals surface area contributed by atoms with Gasteiger partial charge in [-0.05, 0) is 5.53 Å². The molecule has 1 fully saturated rings. The summed E-state index contributed by atoms with van der Waals surface area (Å²) in [5.74, 6) is -2.75. The lowest BCUT2D eigenvalue weighted by atomic mass is 10.3. The molecule has 0 spiro atoms. The van der Waals surface area contributed by atoms with Gasteiger partial charge in [-0.3, -0.25) is 14.4 Å². The molecular formula is C8H11N5O4. The van der Waals surface area contributed by atoms with E-state index in [1.165, 1.54) is 4.90 Å². The minimum Gasteiger partial charge on any atom is -0.480 e. The van der Waals surface area contributed by atoms with Crippen molar-refractivity contribution in [1.29, 1.82) is 0 Å². The van der Waals surface area contributed by atoms with Gasteiger partial charge in [-0.15, -0.1) is 0 Å². The van der Waals surface area contributed by atoms with Gasteiger partial charge in [-0.2, -0.15) is 0 Å². The van der Waals surface area contributed by atoms with Crippen molar-refractivity contribution in [3.63, 3.8) is 0 Å². The summed E-state index contributed by atoms with van der Waals surface area (Å²) >= 11 is 0. The van der Waals surface area contributed by atoms with Gasteiger partial charge in [0.2, 0.25) is 0 Å². The molecule has 1 rings (SSSR count). The third kappa shape index (κ3) is 3.35. The van der Waals surface area contributed by atoms with Gasteiger partial charge in [0.25, 0.3) is 0 Å². The molecule has 0 unspecified atom stereocenters. The minimum atomic E-state index is -1.16. The summed E-state index contributed by atoms with van der Waals surface area (Å²) in [5.41, 5.74) is 8.07. The van der Waals surface area contributed by atoms with Gasteiger partial charge >= 0.3 is 17.8 Å². The first kappa shape index (κ1) is 12.8. The Hall–Kier alpha value is -2.28. The van der Waals surface area contributed by atoms with Crippen molar-refractivity contribution in [1.82, 2.24) is 9.80 Å². The maximum Gasteiger partial charge on any atom is 0.323 e. The molecule has 1 saturated heterocycles. The lowest BCUT2D eigenvalue weighted by molar-refractivity contribution is -0.158. The molecule has 9 nitrogen and oxygen atoms in total. The molecule has 0 aliphatic carbocycles. The first-order valence-electron chi connectivity index (χ1n) is 4.87. The van der Waals surface area contributed by atoms with Gasteiger partial charge in [-0.1, -0.05) is 5.11 Å². The number of azide groups is 1. The lowest BCUT2D eigenvalue weighted by Crippen LogP contribution is -2.55. The fraction of sp³-hybridized carbons (Fsp3) is 0.625. The summed E-state index contributed by atoms with van der Waals surface area (Å²) < 4.78 is 0. The molecule has 9 heteroatoms. The molecule has 0 atom stereocenters. The van der Waals surface area contributed by atoms with Crippen LogP contribution < -0.4 is 0 Å². The molecular weight excluding hydrogens is 230 g/mol. The van der Waals surface area contributed by atoms with Crippen LogP contribution in [0.3, 0.4) is 0 Å². The van der Waals surface area contributed by atoms with E-state index < -0.39 is 24.3 Å². The van der Waals surface area contributed by atoms with Crippen LogP contribution >= 0.6 is 0 Å². The van der Waals surface area contributed by atoms with Crippen molar-refractivity contribution in [2.45, 2.75) is 0 Å². The molecule has 0 aromatic heterocycles. The Labute approximate surface area is 96.2 Å². The summed E-state index contributed by atoms with van der Waals surface area (Å²) in [6.07, 6.45) is 0. The van der Waals surface area contributed by atoms with Gasteiger partial charge in [0, 0.05) is 31.1 Å². The van der Waals surface area contributed by atoms with E-state index in [1.54, 1.807) is 0 Å². The second-order valence-electron chi connectivity index (χ2n) is 3.37. The van der Waals surface area contributed by atoms with E-state index in [9.17, 15) is 14.4 Å². The zero-order valence-corrected chi connectivity index (χ0v) is 8.94. The molecule has 1 aliphatic rings. The molecule has 0 aromatic carbocycles. The zero-order valence-electron chi connectivity index (χ0n) is 8.94. The van der Waals surface area contributed by atoms with Crippen molar-refractivity contribution in [2.75, 3.05) is 32.7 Å². The predicted molar refractivity (Wildman–Crippen MR) is 54.8 cm³/mol. The number of carboxylic acids is 1. The van der Waals surface area contributed by atoms with Crippen LogP contribution in [0.15, 0.2) is 5.11 Å². The summed E-state index contributed by atoms with van der Waals surface area (Å²) in [5, 5.41) is 11.8. The summed E-state index contributed by atoms with van der Waals surface area (Å²) in [4.78, 5) is 38.2. The number of carboxylic acid groups (broad SMARTS) is 1. The number of amides is 2. The molecule has 2 amide bonds. The van der Waals surface area contributed by atoms with Crippen LogP contribution in [0, 0.1) is 0 Å². The van der Waals surface area contributed by atoms with Crippen LogP contribution in [0.1, 0.15) is 0 Å². The number of carbonyl (C=O) groups is 3. The summed E-state index contributed by atoms with van der Waals surface area (Å²) in [6.45, 7) is 0.199. The third-order valence-electron chi connectivity index (χ3n) is 2.26. The van der Waals surface area contributed by atoms with Crippen LogP contribution in [0.5, 0.6) is 0 Å². The fourth-order valence-electron chi connectivity index (χ4n) is 1.45. The Morgan fingerprint density at radius 3 is 2.53 bits per heavy atom. The highest BCUT2D eigenvalue weighted by molar-refractivity contribution is 6.35. The van der Waals surface area contributed by atoms with Crippen molar-refractivity contribution in [3.8, 4) is 0 Å². The van der Waals surface area contributed by atoms with Gasteiger partial charge in [0.05, 0.1) is 0 Å². The maximum atomic E-state index is 11.5. The molecule has 1 aliphatic heterocycles. The fourth-order valence-corrected chi connectivity index (χ4v) is 1.45. The predicted octanol–water partition coefficient (Wildman–Crippen LogP) is -0.948. The van der Waals surface area contributed by atoms with Crippen LogP contribution in [0.4, 0.5) is 0 Å². The lowest BCUT2D eigenvalue weighted by Gasteiger charge is -2.32. The zero-order chi connectivity index (χ0) is 12.8. The average molecular weight is 241 g/mol. The Morgan fingerprint density at radius 2 is 1.94 bits per heavy atom. The highest BCUT2D eigenvalue weighted by Crippen LogP contribution is 2.04. The molecule has 0 radical (unpaired) electrons. The highest BCUT2D eigenvalue weighted by Gasteiger charge is 2.32. The Morgan fingerprint density at radius 1 is 1.35 bits per heavy atom. The van der Waals surface area contributed by atoms with Gasteiger partial charge in [-0.25, -0.2) is 0 Å². The normalized spacial score (nSPS) is 15.8. The quantitative estimate of drug-likeness (QED) is 0.288. The highest BCUT2D eigenvalue weighted by atomic mass is 16.4. The number of hydrogen-bond acceptors (Lipinski definition) is 4. The number of rotatable bonds is 5.